The van der Waals surface area contributed by atoms with Crippen LogP contribution in [0.3, 0.4) is 0 Å². The van der Waals surface area contributed by atoms with Gasteiger partial charge in [-0.05, 0) is 38.1 Å². The average molecular weight is 357 g/mol. The van der Waals surface area contributed by atoms with Crippen LogP contribution in [0.2, 0.25) is 0 Å². The molecule has 0 atom stereocenters. The van der Waals surface area contributed by atoms with E-state index in [0.29, 0.717) is 24.4 Å². The van der Waals surface area contributed by atoms with E-state index in [-0.39, 0.29) is 11.8 Å². The third-order valence-electron chi connectivity index (χ3n) is 4.90. The zero-order chi connectivity index (χ0) is 18.7. The Kier molecular flexibility index (Phi) is 5.61. The summed E-state index contributed by atoms with van der Waals surface area (Å²) in [5.41, 5.74) is 1.84. The van der Waals surface area contributed by atoms with Crippen LogP contribution in [0.4, 0.5) is 0 Å². The Labute approximate surface area is 155 Å². The Morgan fingerprint density at radius 1 is 0.962 bits per heavy atom. The third-order valence-corrected chi connectivity index (χ3v) is 4.90. The van der Waals surface area contributed by atoms with Crippen molar-refractivity contribution in [2.45, 2.75) is 20.3 Å². The van der Waals surface area contributed by atoms with Gasteiger partial charge in [-0.1, -0.05) is 19.1 Å². The molecule has 140 valence electrons. The average Bonchev–Trinajstić information content (AvgIpc) is 2.91. The van der Waals surface area contributed by atoms with E-state index in [1.165, 1.54) is 4.90 Å². The van der Waals surface area contributed by atoms with Crippen molar-refractivity contribution in [3.63, 3.8) is 0 Å². The predicted molar refractivity (Wildman–Crippen MR) is 101 cm³/mol. The fourth-order valence-corrected chi connectivity index (χ4v) is 3.37. The van der Waals surface area contributed by atoms with Crippen molar-refractivity contribution in [1.82, 2.24) is 14.7 Å². The minimum atomic E-state index is -0.200. The van der Waals surface area contributed by atoms with Gasteiger partial charge in [-0.2, -0.15) is 0 Å². The number of hydrogen-bond donors (Lipinski definition) is 0. The van der Waals surface area contributed by atoms with Crippen molar-refractivity contribution in [2.24, 2.45) is 0 Å². The molecule has 6 heteroatoms. The monoisotopic (exact) mass is 357 g/mol. The van der Waals surface area contributed by atoms with Crippen LogP contribution in [-0.4, -0.2) is 72.9 Å². The standard InChI is InChI=1S/C20H27N3O3/c1-4-14-26-16-8-6-15(7-9-16)17-18(20(25)23(5-2)19(17)24)22-12-10-21(3)11-13-22/h6-9H,4-5,10-14H2,1-3H3. The van der Waals surface area contributed by atoms with Crippen LogP contribution in [0.1, 0.15) is 25.8 Å². The second kappa shape index (κ2) is 7.91. The van der Waals surface area contributed by atoms with E-state index < -0.39 is 0 Å². The Morgan fingerprint density at radius 2 is 1.62 bits per heavy atom. The Hall–Kier alpha value is -2.34. The summed E-state index contributed by atoms with van der Waals surface area (Å²) < 4.78 is 5.62. The first-order chi connectivity index (χ1) is 12.6. The molecule has 0 bridgehead atoms. The number of carbonyl (C=O) groups is 2. The van der Waals surface area contributed by atoms with Crippen LogP contribution in [0.25, 0.3) is 5.57 Å². The quantitative estimate of drug-likeness (QED) is 0.727. The number of hydrogen-bond acceptors (Lipinski definition) is 5. The van der Waals surface area contributed by atoms with Crippen molar-refractivity contribution < 1.29 is 14.3 Å². The lowest BCUT2D eigenvalue weighted by molar-refractivity contribution is -0.137. The largest absolute Gasteiger partial charge is 0.494 e. The van der Waals surface area contributed by atoms with Gasteiger partial charge in [0.1, 0.15) is 11.4 Å². The Bertz CT molecular complexity index is 704. The molecule has 0 aromatic heterocycles. The molecule has 26 heavy (non-hydrogen) atoms. The molecule has 2 heterocycles. The van der Waals surface area contributed by atoms with Crippen molar-refractivity contribution in [1.29, 1.82) is 0 Å². The predicted octanol–water partition coefficient (Wildman–Crippen LogP) is 1.82. The summed E-state index contributed by atoms with van der Waals surface area (Å²) in [6, 6.07) is 7.49. The third kappa shape index (κ3) is 3.46. The van der Waals surface area contributed by atoms with Crippen molar-refractivity contribution >= 4 is 17.4 Å². The summed E-state index contributed by atoms with van der Waals surface area (Å²) in [6.45, 7) is 8.22. The first-order valence-electron chi connectivity index (χ1n) is 9.34. The highest BCUT2D eigenvalue weighted by atomic mass is 16.5. The summed E-state index contributed by atoms with van der Waals surface area (Å²) in [4.78, 5) is 31.4. The zero-order valence-electron chi connectivity index (χ0n) is 15.8. The van der Waals surface area contributed by atoms with Crippen molar-refractivity contribution in [3.05, 3.63) is 35.5 Å². The smallest absolute Gasteiger partial charge is 0.277 e. The molecule has 1 saturated heterocycles. The van der Waals surface area contributed by atoms with Crippen LogP contribution in [-0.2, 0) is 9.59 Å². The van der Waals surface area contributed by atoms with E-state index in [4.69, 9.17) is 4.74 Å². The summed E-state index contributed by atoms with van der Waals surface area (Å²) in [5, 5.41) is 0. The van der Waals surface area contributed by atoms with Gasteiger partial charge < -0.3 is 14.5 Å². The van der Waals surface area contributed by atoms with E-state index in [1.807, 2.05) is 31.2 Å². The first kappa shape index (κ1) is 18.5. The van der Waals surface area contributed by atoms with E-state index in [2.05, 4.69) is 23.8 Å². The summed E-state index contributed by atoms with van der Waals surface area (Å²) in [6.07, 6.45) is 0.943. The summed E-state index contributed by atoms with van der Waals surface area (Å²) in [5.74, 6) is 0.401. The van der Waals surface area contributed by atoms with Gasteiger partial charge in [0, 0.05) is 32.7 Å². The number of imide groups is 1. The molecule has 0 radical (unpaired) electrons. The molecule has 1 aromatic rings. The SMILES string of the molecule is CCCOc1ccc(C2=C(N3CCN(C)CC3)C(=O)N(CC)C2=O)cc1. The molecule has 0 aliphatic carbocycles. The van der Waals surface area contributed by atoms with Gasteiger partial charge in [-0.15, -0.1) is 0 Å². The molecule has 1 fully saturated rings. The van der Waals surface area contributed by atoms with Crippen LogP contribution < -0.4 is 4.74 Å². The van der Waals surface area contributed by atoms with E-state index in [9.17, 15) is 9.59 Å². The molecule has 6 nitrogen and oxygen atoms in total. The molecule has 1 aromatic carbocycles. The highest BCUT2D eigenvalue weighted by molar-refractivity contribution is 6.35. The lowest BCUT2D eigenvalue weighted by atomic mass is 10.0. The molecule has 0 saturated carbocycles. The maximum absolute atomic E-state index is 12.9. The molecule has 2 aliphatic heterocycles. The van der Waals surface area contributed by atoms with Crippen molar-refractivity contribution in [2.75, 3.05) is 46.4 Å². The molecule has 2 amide bonds. The number of ether oxygens (including phenoxy) is 1. The van der Waals surface area contributed by atoms with Gasteiger partial charge in [-0.25, -0.2) is 0 Å². The first-order valence-corrected chi connectivity index (χ1v) is 9.34. The lowest BCUT2D eigenvalue weighted by Gasteiger charge is -2.34. The molecular formula is C20H27N3O3. The fourth-order valence-electron chi connectivity index (χ4n) is 3.37. The van der Waals surface area contributed by atoms with Gasteiger partial charge in [0.05, 0.1) is 12.2 Å². The van der Waals surface area contributed by atoms with Crippen LogP contribution in [0.15, 0.2) is 30.0 Å². The van der Waals surface area contributed by atoms with Crippen LogP contribution in [0, 0.1) is 0 Å². The van der Waals surface area contributed by atoms with Gasteiger partial charge in [0.2, 0.25) is 0 Å². The van der Waals surface area contributed by atoms with Gasteiger partial charge in [0.15, 0.2) is 0 Å². The van der Waals surface area contributed by atoms with Crippen LogP contribution in [0.5, 0.6) is 5.75 Å². The highest BCUT2D eigenvalue weighted by Gasteiger charge is 2.41. The molecular weight excluding hydrogens is 330 g/mol. The highest BCUT2D eigenvalue weighted by Crippen LogP contribution is 2.32. The number of rotatable bonds is 6. The molecule has 2 aliphatic rings. The molecule has 0 unspecified atom stereocenters. The van der Waals surface area contributed by atoms with Gasteiger partial charge >= 0.3 is 0 Å². The number of nitrogens with zero attached hydrogens (tertiary/aromatic N) is 3. The minimum absolute atomic E-state index is 0.177. The minimum Gasteiger partial charge on any atom is -0.494 e. The van der Waals surface area contributed by atoms with E-state index in [0.717, 1.165) is 43.9 Å². The van der Waals surface area contributed by atoms with Gasteiger partial charge in [0.25, 0.3) is 11.8 Å². The van der Waals surface area contributed by atoms with Crippen LogP contribution >= 0.6 is 0 Å². The second-order valence-electron chi connectivity index (χ2n) is 6.74. The van der Waals surface area contributed by atoms with Gasteiger partial charge in [-0.3, -0.25) is 14.5 Å². The lowest BCUT2D eigenvalue weighted by Crippen LogP contribution is -2.46. The van der Waals surface area contributed by atoms with E-state index in [1.54, 1.807) is 0 Å². The topological polar surface area (TPSA) is 53.1 Å². The number of benzene rings is 1. The number of carbonyl (C=O) groups excluding carboxylic acids is 2. The molecule has 3 rings (SSSR count). The number of likely N-dealkylation sites (N-methyl/N-ethyl adjacent to an activating group) is 2. The Balaban J connectivity index is 1.95. The molecule has 0 N–H and O–H groups in total. The summed E-state index contributed by atoms with van der Waals surface area (Å²) in [7, 11) is 2.07. The van der Waals surface area contributed by atoms with E-state index >= 15 is 0 Å². The maximum Gasteiger partial charge on any atom is 0.277 e. The van der Waals surface area contributed by atoms with Crippen molar-refractivity contribution in [3.8, 4) is 5.75 Å². The number of piperazine rings is 1. The fraction of sp³-hybridized carbons (Fsp3) is 0.500. The Morgan fingerprint density at radius 3 is 2.19 bits per heavy atom. The second-order valence-corrected chi connectivity index (χ2v) is 6.74. The number of amides is 2. The maximum atomic E-state index is 12.9. The zero-order valence-corrected chi connectivity index (χ0v) is 15.8. The summed E-state index contributed by atoms with van der Waals surface area (Å²) >= 11 is 0. The normalized spacial score (nSPS) is 18.9. The molecule has 0 spiro atoms.